The number of carbonyl (C=O) groups excluding carboxylic acids is 2. The van der Waals surface area contributed by atoms with E-state index >= 15 is 0 Å². The smallest absolute Gasteiger partial charge is 0.369 e. The second-order valence-corrected chi connectivity index (χ2v) is 6.67. The van der Waals surface area contributed by atoms with Gasteiger partial charge in [-0.25, -0.2) is 0 Å². The van der Waals surface area contributed by atoms with E-state index in [-0.39, 0.29) is 24.2 Å². The van der Waals surface area contributed by atoms with Crippen molar-refractivity contribution in [3.63, 3.8) is 0 Å². The van der Waals surface area contributed by atoms with Gasteiger partial charge in [0, 0.05) is 51.3 Å². The summed E-state index contributed by atoms with van der Waals surface area (Å²) in [5.74, 6) is -0.186. The summed E-state index contributed by atoms with van der Waals surface area (Å²) < 4.78 is 38.5. The zero-order valence-electron chi connectivity index (χ0n) is 14.9. The Morgan fingerprint density at radius 2 is 1.56 bits per heavy atom. The molecule has 2 amide bonds. The van der Waals surface area contributed by atoms with Crippen molar-refractivity contribution >= 4 is 29.9 Å². The van der Waals surface area contributed by atoms with Crippen LogP contribution in [0.2, 0.25) is 0 Å². The van der Waals surface area contributed by atoms with Crippen LogP contribution in [-0.2, 0) is 15.8 Å². The van der Waals surface area contributed by atoms with Gasteiger partial charge in [-0.1, -0.05) is 6.07 Å². The van der Waals surface area contributed by atoms with Gasteiger partial charge in [-0.2, -0.15) is 13.2 Å². The second-order valence-electron chi connectivity index (χ2n) is 6.67. The maximum atomic E-state index is 12.8. The number of alkyl halides is 3. The Balaban J connectivity index is 0.00000261. The minimum Gasteiger partial charge on any atom is -0.369 e. The largest absolute Gasteiger partial charge is 0.416 e. The minimum absolute atomic E-state index is 0. The van der Waals surface area contributed by atoms with Gasteiger partial charge in [-0.05, 0) is 31.2 Å². The number of amides is 2. The highest BCUT2D eigenvalue weighted by Gasteiger charge is 2.31. The van der Waals surface area contributed by atoms with Crippen molar-refractivity contribution in [3.8, 4) is 0 Å². The van der Waals surface area contributed by atoms with Crippen LogP contribution in [-0.4, -0.2) is 60.9 Å². The van der Waals surface area contributed by atoms with Crippen LogP contribution in [0.15, 0.2) is 24.3 Å². The summed E-state index contributed by atoms with van der Waals surface area (Å²) in [6.45, 7) is 4.03. The summed E-state index contributed by atoms with van der Waals surface area (Å²) in [6, 6.07) is 5.42. The molecule has 2 aliphatic rings. The molecule has 5 nitrogen and oxygen atoms in total. The van der Waals surface area contributed by atoms with E-state index in [2.05, 4.69) is 4.90 Å². The van der Waals surface area contributed by atoms with Crippen LogP contribution in [0.25, 0.3) is 0 Å². The third kappa shape index (κ3) is 5.35. The maximum absolute atomic E-state index is 12.8. The van der Waals surface area contributed by atoms with Gasteiger partial charge in [0.1, 0.15) is 0 Å². The molecule has 1 aromatic carbocycles. The molecule has 2 aliphatic heterocycles. The zero-order chi connectivity index (χ0) is 18.7. The number of carbonyl (C=O) groups is 2. The van der Waals surface area contributed by atoms with E-state index in [0.29, 0.717) is 38.2 Å². The third-order valence-corrected chi connectivity index (χ3v) is 4.92. The molecule has 150 valence electrons. The van der Waals surface area contributed by atoms with Crippen molar-refractivity contribution in [1.82, 2.24) is 9.80 Å². The van der Waals surface area contributed by atoms with Crippen molar-refractivity contribution in [2.45, 2.75) is 25.4 Å². The summed E-state index contributed by atoms with van der Waals surface area (Å²) in [7, 11) is 0. The molecule has 0 N–H and O–H groups in total. The number of rotatable bonds is 5. The average Bonchev–Trinajstić information content (AvgIpc) is 2.94. The maximum Gasteiger partial charge on any atom is 0.416 e. The van der Waals surface area contributed by atoms with Crippen LogP contribution in [0.5, 0.6) is 0 Å². The summed E-state index contributed by atoms with van der Waals surface area (Å²) in [5, 5.41) is 0. The molecule has 9 heteroatoms. The molecule has 2 heterocycles. The number of imide groups is 1. The highest BCUT2D eigenvalue weighted by Crippen LogP contribution is 2.31. The molecule has 0 unspecified atom stereocenters. The lowest BCUT2D eigenvalue weighted by atomic mass is 10.1. The van der Waals surface area contributed by atoms with Gasteiger partial charge >= 0.3 is 6.18 Å². The number of hydrogen-bond donors (Lipinski definition) is 0. The minimum atomic E-state index is -4.33. The van der Waals surface area contributed by atoms with Crippen molar-refractivity contribution in [3.05, 3.63) is 29.8 Å². The van der Waals surface area contributed by atoms with Gasteiger partial charge < -0.3 is 4.90 Å². The predicted molar refractivity (Wildman–Crippen MR) is 97.9 cm³/mol. The lowest BCUT2D eigenvalue weighted by Crippen LogP contribution is -2.47. The fourth-order valence-electron chi connectivity index (χ4n) is 3.43. The van der Waals surface area contributed by atoms with Crippen molar-refractivity contribution in [2.24, 2.45) is 0 Å². The topological polar surface area (TPSA) is 43.9 Å². The van der Waals surface area contributed by atoms with E-state index in [1.165, 1.54) is 17.0 Å². The number of hydrogen-bond acceptors (Lipinski definition) is 4. The van der Waals surface area contributed by atoms with Gasteiger partial charge in [0.2, 0.25) is 11.8 Å². The second kappa shape index (κ2) is 8.93. The Kier molecular flexibility index (Phi) is 7.11. The first kappa shape index (κ1) is 21.5. The number of piperazine rings is 1. The van der Waals surface area contributed by atoms with E-state index in [4.69, 9.17) is 0 Å². The molecule has 0 aromatic heterocycles. The van der Waals surface area contributed by atoms with E-state index in [1.54, 1.807) is 6.07 Å². The van der Waals surface area contributed by atoms with Crippen LogP contribution in [0, 0.1) is 0 Å². The van der Waals surface area contributed by atoms with E-state index in [0.717, 1.165) is 32.1 Å². The lowest BCUT2D eigenvalue weighted by Gasteiger charge is -2.36. The van der Waals surface area contributed by atoms with E-state index in [1.807, 2.05) is 4.90 Å². The number of benzene rings is 1. The Morgan fingerprint density at radius 3 is 2.15 bits per heavy atom. The molecule has 1 aromatic rings. The van der Waals surface area contributed by atoms with E-state index < -0.39 is 11.7 Å². The van der Waals surface area contributed by atoms with Crippen molar-refractivity contribution in [2.75, 3.05) is 44.2 Å². The van der Waals surface area contributed by atoms with Gasteiger partial charge in [0.25, 0.3) is 0 Å². The average molecular weight is 406 g/mol. The first-order valence-electron chi connectivity index (χ1n) is 8.82. The molecule has 0 atom stereocenters. The third-order valence-electron chi connectivity index (χ3n) is 4.92. The van der Waals surface area contributed by atoms with Gasteiger partial charge in [0.05, 0.1) is 5.56 Å². The molecule has 0 aliphatic carbocycles. The Hall–Kier alpha value is -1.80. The quantitative estimate of drug-likeness (QED) is 0.707. The van der Waals surface area contributed by atoms with Crippen LogP contribution in [0.4, 0.5) is 18.9 Å². The monoisotopic (exact) mass is 405 g/mol. The molecule has 0 saturated carbocycles. The number of nitrogens with zero attached hydrogens (tertiary/aromatic N) is 3. The van der Waals surface area contributed by atoms with Crippen LogP contribution < -0.4 is 4.90 Å². The van der Waals surface area contributed by atoms with Crippen LogP contribution in [0.1, 0.15) is 24.8 Å². The summed E-state index contributed by atoms with van der Waals surface area (Å²) in [4.78, 5) is 28.6. The fraction of sp³-hybridized carbons (Fsp3) is 0.556. The molecule has 0 spiro atoms. The SMILES string of the molecule is Cl.O=C1CCC(=O)N1CCCN1CCN(c2cccc(C(F)(F)F)c2)CC1. The molecular formula is C18H23ClF3N3O2. The zero-order valence-corrected chi connectivity index (χ0v) is 15.7. The highest BCUT2D eigenvalue weighted by atomic mass is 35.5. The fourth-order valence-corrected chi connectivity index (χ4v) is 3.43. The predicted octanol–water partition coefficient (Wildman–Crippen LogP) is 2.79. The Labute approximate surface area is 162 Å². The molecule has 3 rings (SSSR count). The number of halogens is 4. The van der Waals surface area contributed by atoms with Gasteiger partial charge in [-0.3, -0.25) is 19.4 Å². The molecular weight excluding hydrogens is 383 g/mol. The first-order chi connectivity index (χ1) is 12.3. The first-order valence-corrected chi connectivity index (χ1v) is 8.82. The Bertz CT molecular complexity index is 660. The van der Waals surface area contributed by atoms with Crippen LogP contribution in [0.3, 0.4) is 0 Å². The lowest BCUT2D eigenvalue weighted by molar-refractivity contribution is -0.139. The standard InChI is InChI=1S/C18H22F3N3O2.ClH/c19-18(20,21)14-3-1-4-15(13-14)23-11-9-22(10-12-23)7-2-8-24-16(25)5-6-17(24)26;/h1,3-4,13H,2,5-12H2;1H. The van der Waals surface area contributed by atoms with Gasteiger partial charge in [-0.15, -0.1) is 12.4 Å². The molecule has 2 fully saturated rings. The highest BCUT2D eigenvalue weighted by molar-refractivity contribution is 6.01. The summed E-state index contributed by atoms with van der Waals surface area (Å²) >= 11 is 0. The van der Waals surface area contributed by atoms with Gasteiger partial charge in [0.15, 0.2) is 0 Å². The summed E-state index contributed by atoms with van der Waals surface area (Å²) in [5.41, 5.74) is -0.0369. The van der Waals surface area contributed by atoms with Crippen LogP contribution >= 0.6 is 12.4 Å². The summed E-state index contributed by atoms with van der Waals surface area (Å²) in [6.07, 6.45) is -2.98. The molecule has 2 saturated heterocycles. The van der Waals surface area contributed by atoms with E-state index in [9.17, 15) is 22.8 Å². The normalized spacial score (nSPS) is 18.8. The molecule has 0 bridgehead atoms. The molecule has 27 heavy (non-hydrogen) atoms. The number of anilines is 1. The number of likely N-dealkylation sites (tertiary alicyclic amines) is 1. The Morgan fingerprint density at radius 1 is 0.926 bits per heavy atom. The molecule has 0 radical (unpaired) electrons. The van der Waals surface area contributed by atoms with Crippen molar-refractivity contribution < 1.29 is 22.8 Å². The van der Waals surface area contributed by atoms with Crippen molar-refractivity contribution in [1.29, 1.82) is 0 Å².